The lowest BCUT2D eigenvalue weighted by Gasteiger charge is -2.08. The molecule has 0 radical (unpaired) electrons. The Bertz CT molecular complexity index is 201. The van der Waals surface area contributed by atoms with Gasteiger partial charge in [-0.3, -0.25) is 4.99 Å². The van der Waals surface area contributed by atoms with Crippen molar-refractivity contribution in [2.75, 3.05) is 0 Å². The maximum absolute atomic E-state index is 8.25. The van der Waals surface area contributed by atoms with Crippen molar-refractivity contribution < 1.29 is 0 Å². The van der Waals surface area contributed by atoms with Crippen molar-refractivity contribution in [1.29, 1.82) is 0 Å². The first kappa shape index (κ1) is 11.0. The van der Waals surface area contributed by atoms with Gasteiger partial charge in [0.15, 0.2) is 0 Å². The summed E-state index contributed by atoms with van der Waals surface area (Å²) < 4.78 is 0. The highest BCUT2D eigenvalue weighted by atomic mass is 15.2. The van der Waals surface area contributed by atoms with Crippen molar-refractivity contribution in [2.24, 2.45) is 10.1 Å². The van der Waals surface area contributed by atoms with Crippen LogP contribution in [0.15, 0.2) is 10.1 Å². The van der Waals surface area contributed by atoms with Crippen molar-refractivity contribution >= 4 is 5.71 Å². The first-order valence-electron chi connectivity index (χ1n) is 4.20. The van der Waals surface area contributed by atoms with Gasteiger partial charge in [-0.15, -0.1) is 0 Å². The average Bonchev–Trinajstić information content (AvgIpc) is 1.98. The Morgan fingerprint density at radius 1 is 1.50 bits per heavy atom. The molecule has 0 N–H and O–H groups in total. The zero-order valence-electron chi connectivity index (χ0n) is 8.15. The standard InChI is InChI=1S/C8H16N4/c1-5-8(11-12-9)7(4)10-6(2)3/h6,8H,5H2,1-4H3. The minimum absolute atomic E-state index is 0.0719. The Morgan fingerprint density at radius 2 is 2.08 bits per heavy atom. The number of nitrogens with zero attached hydrogens (tertiary/aromatic N) is 4. The molecule has 0 aromatic carbocycles. The predicted octanol–water partition coefficient (Wildman–Crippen LogP) is 2.94. The monoisotopic (exact) mass is 168 g/mol. The molecule has 1 unspecified atom stereocenters. The summed E-state index contributed by atoms with van der Waals surface area (Å²) in [4.78, 5) is 7.10. The van der Waals surface area contributed by atoms with Gasteiger partial charge in [-0.2, -0.15) is 0 Å². The van der Waals surface area contributed by atoms with E-state index in [-0.39, 0.29) is 12.1 Å². The van der Waals surface area contributed by atoms with Crippen LogP contribution >= 0.6 is 0 Å². The van der Waals surface area contributed by atoms with Gasteiger partial charge in [0, 0.05) is 16.7 Å². The van der Waals surface area contributed by atoms with Crippen LogP contribution in [-0.2, 0) is 0 Å². The smallest absolute Gasteiger partial charge is 0.0748 e. The molecule has 0 spiro atoms. The van der Waals surface area contributed by atoms with E-state index in [4.69, 9.17) is 5.53 Å². The van der Waals surface area contributed by atoms with Crippen LogP contribution in [0, 0.1) is 0 Å². The van der Waals surface area contributed by atoms with Gasteiger partial charge in [0.2, 0.25) is 0 Å². The molecular formula is C8H16N4. The third-order valence-electron chi connectivity index (χ3n) is 1.52. The van der Waals surface area contributed by atoms with Gasteiger partial charge < -0.3 is 0 Å². The number of rotatable bonds is 4. The highest BCUT2D eigenvalue weighted by molar-refractivity contribution is 5.87. The summed E-state index contributed by atoms with van der Waals surface area (Å²) >= 11 is 0. The Balaban J connectivity index is 4.40. The Hall–Kier alpha value is -1.02. The van der Waals surface area contributed by atoms with E-state index in [1.54, 1.807) is 0 Å². The molecular weight excluding hydrogens is 152 g/mol. The summed E-state index contributed by atoms with van der Waals surface area (Å²) in [5.41, 5.74) is 9.18. The molecule has 0 aromatic heterocycles. The zero-order chi connectivity index (χ0) is 9.56. The lowest BCUT2D eigenvalue weighted by Crippen LogP contribution is -2.15. The summed E-state index contributed by atoms with van der Waals surface area (Å²) in [6.07, 6.45) is 0.812. The Kier molecular flexibility index (Phi) is 5.13. The number of hydrogen-bond donors (Lipinski definition) is 0. The van der Waals surface area contributed by atoms with E-state index < -0.39 is 0 Å². The summed E-state index contributed by atoms with van der Waals surface area (Å²) in [6, 6.07) is 0.199. The fourth-order valence-electron chi connectivity index (χ4n) is 1.02. The molecule has 4 heteroatoms. The van der Waals surface area contributed by atoms with Crippen LogP contribution in [0.25, 0.3) is 10.4 Å². The van der Waals surface area contributed by atoms with Crippen LogP contribution in [0.1, 0.15) is 34.1 Å². The SMILES string of the molecule is CCC(N=[N+]=[N-])C(C)=NC(C)C. The largest absolute Gasteiger partial charge is 0.291 e. The van der Waals surface area contributed by atoms with Gasteiger partial charge in [0.1, 0.15) is 0 Å². The second-order valence-electron chi connectivity index (χ2n) is 2.99. The van der Waals surface area contributed by atoms with E-state index in [9.17, 15) is 0 Å². The number of aliphatic imine (C=N–C) groups is 1. The second kappa shape index (κ2) is 5.61. The van der Waals surface area contributed by atoms with Gasteiger partial charge in [-0.25, -0.2) is 0 Å². The van der Waals surface area contributed by atoms with Crippen molar-refractivity contribution in [3.8, 4) is 0 Å². The van der Waals surface area contributed by atoms with Crippen LogP contribution in [0.4, 0.5) is 0 Å². The first-order valence-corrected chi connectivity index (χ1v) is 4.20. The number of hydrogen-bond acceptors (Lipinski definition) is 2. The molecule has 0 aromatic rings. The van der Waals surface area contributed by atoms with Gasteiger partial charge in [0.25, 0.3) is 0 Å². The molecule has 0 aliphatic heterocycles. The zero-order valence-corrected chi connectivity index (χ0v) is 8.15. The average molecular weight is 168 g/mol. The van der Waals surface area contributed by atoms with E-state index in [2.05, 4.69) is 15.0 Å². The molecule has 68 valence electrons. The molecule has 0 saturated heterocycles. The maximum Gasteiger partial charge on any atom is 0.0748 e. The lowest BCUT2D eigenvalue weighted by atomic mass is 10.1. The van der Waals surface area contributed by atoms with Gasteiger partial charge in [-0.1, -0.05) is 12.0 Å². The van der Waals surface area contributed by atoms with Crippen molar-refractivity contribution in [1.82, 2.24) is 0 Å². The maximum atomic E-state index is 8.25. The predicted molar refractivity (Wildman–Crippen MR) is 51.5 cm³/mol. The molecule has 12 heavy (non-hydrogen) atoms. The van der Waals surface area contributed by atoms with Gasteiger partial charge >= 0.3 is 0 Å². The molecule has 0 heterocycles. The van der Waals surface area contributed by atoms with Crippen LogP contribution in [0.2, 0.25) is 0 Å². The third kappa shape index (κ3) is 3.98. The molecule has 0 saturated carbocycles. The molecule has 0 aliphatic carbocycles. The third-order valence-corrected chi connectivity index (χ3v) is 1.52. The van der Waals surface area contributed by atoms with E-state index in [1.807, 2.05) is 27.7 Å². The molecule has 1 atom stereocenters. The molecule has 0 rings (SSSR count). The fraction of sp³-hybridized carbons (Fsp3) is 0.875. The number of azide groups is 1. The summed E-state index contributed by atoms with van der Waals surface area (Å²) in [5.74, 6) is 0. The second-order valence-corrected chi connectivity index (χ2v) is 2.99. The first-order chi connectivity index (χ1) is 5.61. The minimum atomic E-state index is -0.0719. The summed E-state index contributed by atoms with van der Waals surface area (Å²) in [5, 5.41) is 3.65. The summed E-state index contributed by atoms with van der Waals surface area (Å²) in [6.45, 7) is 7.90. The van der Waals surface area contributed by atoms with E-state index in [1.165, 1.54) is 0 Å². The molecule has 0 bridgehead atoms. The minimum Gasteiger partial charge on any atom is -0.291 e. The van der Waals surface area contributed by atoms with Crippen molar-refractivity contribution in [2.45, 2.75) is 46.2 Å². The Labute approximate surface area is 73.3 Å². The lowest BCUT2D eigenvalue weighted by molar-refractivity contribution is 0.771. The van der Waals surface area contributed by atoms with Crippen LogP contribution in [-0.4, -0.2) is 17.8 Å². The van der Waals surface area contributed by atoms with Crippen LogP contribution in [0.3, 0.4) is 0 Å². The van der Waals surface area contributed by atoms with Gasteiger partial charge in [-0.05, 0) is 32.7 Å². The fourth-order valence-corrected chi connectivity index (χ4v) is 1.02. The molecule has 0 aliphatic rings. The topological polar surface area (TPSA) is 61.1 Å². The van der Waals surface area contributed by atoms with Gasteiger partial charge in [0.05, 0.1) is 6.04 Å². The molecule has 0 amide bonds. The molecule has 0 fully saturated rings. The van der Waals surface area contributed by atoms with Crippen LogP contribution in [0.5, 0.6) is 0 Å². The van der Waals surface area contributed by atoms with Crippen molar-refractivity contribution in [3.05, 3.63) is 10.4 Å². The van der Waals surface area contributed by atoms with E-state index in [0.29, 0.717) is 0 Å². The van der Waals surface area contributed by atoms with E-state index >= 15 is 0 Å². The van der Waals surface area contributed by atoms with Crippen molar-refractivity contribution in [3.63, 3.8) is 0 Å². The Morgan fingerprint density at radius 3 is 2.42 bits per heavy atom. The highest BCUT2D eigenvalue weighted by Crippen LogP contribution is 2.02. The molecule has 4 nitrogen and oxygen atoms in total. The van der Waals surface area contributed by atoms with Crippen LogP contribution < -0.4 is 0 Å². The van der Waals surface area contributed by atoms with E-state index in [0.717, 1.165) is 12.1 Å². The highest BCUT2D eigenvalue weighted by Gasteiger charge is 2.06. The summed E-state index contributed by atoms with van der Waals surface area (Å²) in [7, 11) is 0. The normalized spacial score (nSPS) is 14.2. The quantitative estimate of drug-likeness (QED) is 0.268.